The van der Waals surface area contributed by atoms with Crippen LogP contribution in [0.1, 0.15) is 48.7 Å². The average molecular weight is 676 g/mol. The number of aryl methyl sites for hydroxylation is 1. The summed E-state index contributed by atoms with van der Waals surface area (Å²) in [6, 6.07) is 11.4. The van der Waals surface area contributed by atoms with Crippen molar-refractivity contribution >= 4 is 36.6 Å². The molecular formula is C31H37F3N7O5P. The number of aliphatic hydroxyl groups is 1. The van der Waals surface area contributed by atoms with Crippen molar-refractivity contribution in [3.8, 4) is 11.1 Å². The first-order valence-corrected chi connectivity index (χ1v) is 16.7. The number of aliphatic hydroxyl groups excluding tert-OH is 1. The normalized spacial score (nSPS) is 11.8. The Balaban J connectivity index is 1.62. The third kappa shape index (κ3) is 9.61. The van der Waals surface area contributed by atoms with Gasteiger partial charge in [-0.3, -0.25) is 14.0 Å². The molecule has 4 aromatic rings. The number of hydrogen-bond acceptors (Lipinski definition) is 10. The molecule has 12 nitrogen and oxygen atoms in total. The van der Waals surface area contributed by atoms with E-state index < -0.39 is 31.1 Å². The van der Waals surface area contributed by atoms with Gasteiger partial charge >= 0.3 is 13.8 Å². The van der Waals surface area contributed by atoms with E-state index in [1.165, 1.54) is 6.07 Å². The van der Waals surface area contributed by atoms with Gasteiger partial charge in [0.2, 0.25) is 5.95 Å². The Bertz CT molecular complexity index is 1690. The molecular weight excluding hydrogens is 638 g/mol. The van der Waals surface area contributed by atoms with Crippen LogP contribution in [0, 0.1) is 0 Å². The van der Waals surface area contributed by atoms with Crippen molar-refractivity contribution in [3.05, 3.63) is 77.7 Å². The average Bonchev–Trinajstić information content (AvgIpc) is 3.50. The Morgan fingerprint density at radius 3 is 2.36 bits per heavy atom. The summed E-state index contributed by atoms with van der Waals surface area (Å²) in [6.07, 6.45) is -0.206. The molecule has 252 valence electrons. The van der Waals surface area contributed by atoms with Crippen LogP contribution in [0.2, 0.25) is 0 Å². The van der Waals surface area contributed by atoms with E-state index in [0.717, 1.165) is 0 Å². The minimum Gasteiger partial charge on any atom is -0.396 e. The van der Waals surface area contributed by atoms with Gasteiger partial charge in [-0.25, -0.2) is 4.98 Å². The van der Waals surface area contributed by atoms with Crippen molar-refractivity contribution in [2.24, 2.45) is 0 Å². The highest BCUT2D eigenvalue weighted by Crippen LogP contribution is 2.51. The minimum absolute atomic E-state index is 0.0113. The molecule has 2 aromatic heterocycles. The van der Waals surface area contributed by atoms with Gasteiger partial charge in [0.1, 0.15) is 11.4 Å². The highest BCUT2D eigenvalue weighted by Gasteiger charge is 2.36. The molecule has 0 aliphatic rings. The van der Waals surface area contributed by atoms with Gasteiger partial charge in [-0.15, -0.1) is 0 Å². The SMILES string of the molecule is CCNC(=O)c1cc(-c2cnn(CCCO)c2)ccc1Nc1nc(Nc2ccc(CP(=O)(OCC)OCC)cc2)ncc1C(F)(F)F. The zero-order chi connectivity index (χ0) is 34.0. The maximum atomic E-state index is 14.1. The Morgan fingerprint density at radius 1 is 1.00 bits per heavy atom. The molecule has 0 bridgehead atoms. The summed E-state index contributed by atoms with van der Waals surface area (Å²) in [5.41, 5.74) is 1.52. The predicted molar refractivity (Wildman–Crippen MR) is 172 cm³/mol. The van der Waals surface area contributed by atoms with Gasteiger partial charge in [0.25, 0.3) is 5.91 Å². The number of hydrogen-bond donors (Lipinski definition) is 4. The monoisotopic (exact) mass is 675 g/mol. The third-order valence-corrected chi connectivity index (χ3v) is 8.75. The molecule has 0 fully saturated rings. The van der Waals surface area contributed by atoms with Gasteiger partial charge in [0, 0.05) is 43.3 Å². The lowest BCUT2D eigenvalue weighted by atomic mass is 10.0. The largest absolute Gasteiger partial charge is 0.421 e. The number of carbonyl (C=O) groups is 1. The maximum Gasteiger partial charge on any atom is 0.421 e. The topological polar surface area (TPSA) is 153 Å². The van der Waals surface area contributed by atoms with Crippen LogP contribution >= 0.6 is 7.60 Å². The van der Waals surface area contributed by atoms with Crippen molar-refractivity contribution in [1.29, 1.82) is 0 Å². The molecule has 47 heavy (non-hydrogen) atoms. The predicted octanol–water partition coefficient (Wildman–Crippen LogP) is 6.74. The smallest absolute Gasteiger partial charge is 0.396 e. The number of aromatic nitrogens is 4. The van der Waals surface area contributed by atoms with E-state index in [0.29, 0.717) is 48.1 Å². The van der Waals surface area contributed by atoms with E-state index in [2.05, 4.69) is 31.0 Å². The fraction of sp³-hybridized carbons (Fsp3) is 0.355. The van der Waals surface area contributed by atoms with E-state index >= 15 is 0 Å². The zero-order valence-corrected chi connectivity index (χ0v) is 27.1. The molecule has 2 aromatic carbocycles. The Kier molecular flexibility index (Phi) is 12.1. The van der Waals surface area contributed by atoms with Gasteiger partial charge in [-0.1, -0.05) is 18.2 Å². The number of amides is 1. The van der Waals surface area contributed by atoms with E-state index in [4.69, 9.17) is 14.2 Å². The molecule has 0 radical (unpaired) electrons. The molecule has 1 amide bonds. The van der Waals surface area contributed by atoms with Gasteiger partial charge in [-0.2, -0.15) is 23.3 Å². The quantitative estimate of drug-likeness (QED) is 0.0939. The lowest BCUT2D eigenvalue weighted by molar-refractivity contribution is -0.137. The van der Waals surface area contributed by atoms with E-state index in [1.807, 2.05) is 0 Å². The van der Waals surface area contributed by atoms with Crippen LogP contribution in [0.25, 0.3) is 11.1 Å². The molecule has 0 aliphatic heterocycles. The number of anilines is 4. The van der Waals surface area contributed by atoms with Gasteiger partial charge in [0.15, 0.2) is 0 Å². The third-order valence-electron chi connectivity index (χ3n) is 6.70. The zero-order valence-electron chi connectivity index (χ0n) is 26.2. The molecule has 2 heterocycles. The Hall–Kier alpha value is -4.30. The van der Waals surface area contributed by atoms with Crippen LogP contribution in [0.5, 0.6) is 0 Å². The van der Waals surface area contributed by atoms with Crippen LogP contribution < -0.4 is 16.0 Å². The molecule has 0 unspecified atom stereocenters. The lowest BCUT2D eigenvalue weighted by Crippen LogP contribution is -2.24. The van der Waals surface area contributed by atoms with E-state index in [9.17, 15) is 22.5 Å². The van der Waals surface area contributed by atoms with Gasteiger partial charge < -0.3 is 30.1 Å². The maximum absolute atomic E-state index is 14.1. The Morgan fingerprint density at radius 2 is 1.72 bits per heavy atom. The number of nitrogens with one attached hydrogen (secondary N) is 3. The molecule has 0 atom stereocenters. The highest BCUT2D eigenvalue weighted by atomic mass is 31.2. The first-order chi connectivity index (χ1) is 22.5. The minimum atomic E-state index is -4.80. The summed E-state index contributed by atoms with van der Waals surface area (Å²) in [4.78, 5) is 21.0. The molecule has 0 saturated heterocycles. The molecule has 4 N–H and O–H groups in total. The van der Waals surface area contributed by atoms with Crippen LogP contribution in [-0.2, 0) is 32.5 Å². The second-order valence-corrected chi connectivity index (χ2v) is 12.2. The number of rotatable bonds is 16. The van der Waals surface area contributed by atoms with Crippen LogP contribution in [0.15, 0.2) is 61.1 Å². The summed E-state index contributed by atoms with van der Waals surface area (Å²) >= 11 is 0. The summed E-state index contributed by atoms with van der Waals surface area (Å²) < 4.78 is 67.4. The first kappa shape index (κ1) is 35.6. The highest BCUT2D eigenvalue weighted by molar-refractivity contribution is 7.53. The van der Waals surface area contributed by atoms with Crippen molar-refractivity contribution in [3.63, 3.8) is 0 Å². The molecule has 0 spiro atoms. The van der Waals surface area contributed by atoms with Crippen LogP contribution in [0.4, 0.5) is 36.3 Å². The lowest BCUT2D eigenvalue weighted by Gasteiger charge is -2.18. The van der Waals surface area contributed by atoms with E-state index in [-0.39, 0.29) is 43.2 Å². The fourth-order valence-electron chi connectivity index (χ4n) is 4.58. The van der Waals surface area contributed by atoms with Crippen LogP contribution in [-0.4, -0.2) is 57.1 Å². The standard InChI is InChI=1S/C31H37F3N7O5P/c1-4-35-29(43)25-16-22(23-17-37-41(19-23)14-7-15-42)10-13-27(25)39-28-26(31(32,33)34)18-36-30(40-28)38-24-11-8-21(9-12-24)20-47(44,45-5-2)46-6-3/h8-13,16-19,42H,4-7,14-15,20H2,1-3H3,(H,35,43)(H2,36,38,39,40). The first-order valence-electron chi connectivity index (χ1n) is 15.0. The van der Waals surface area contributed by atoms with Crippen molar-refractivity contribution in [1.82, 2.24) is 25.1 Å². The second kappa shape index (κ2) is 16.0. The summed E-state index contributed by atoms with van der Waals surface area (Å²) in [5.74, 6) is -1.19. The number of nitrogens with zero attached hydrogens (tertiary/aromatic N) is 4. The number of halogens is 3. The molecule has 0 saturated carbocycles. The molecule has 0 aliphatic carbocycles. The van der Waals surface area contributed by atoms with Crippen molar-refractivity contribution in [2.45, 2.75) is 46.1 Å². The summed E-state index contributed by atoms with van der Waals surface area (Å²) in [7, 11) is -3.33. The fourth-order valence-corrected chi connectivity index (χ4v) is 6.29. The number of carbonyl (C=O) groups excluding carboxylic acids is 1. The van der Waals surface area contributed by atoms with E-state index in [1.54, 1.807) is 74.2 Å². The van der Waals surface area contributed by atoms with Gasteiger partial charge in [-0.05, 0) is 62.6 Å². The van der Waals surface area contributed by atoms with Crippen molar-refractivity contribution < 1.29 is 36.7 Å². The molecule has 16 heteroatoms. The summed E-state index contributed by atoms with van der Waals surface area (Å²) in [5, 5.41) is 21.6. The Labute approximate surface area is 270 Å². The number of benzene rings is 2. The van der Waals surface area contributed by atoms with Gasteiger partial charge in [0.05, 0.1) is 36.8 Å². The molecule has 4 rings (SSSR count). The summed E-state index contributed by atoms with van der Waals surface area (Å²) in [6.45, 7) is 6.43. The second-order valence-electron chi connectivity index (χ2n) is 10.2. The van der Waals surface area contributed by atoms with Crippen LogP contribution in [0.3, 0.4) is 0 Å². The van der Waals surface area contributed by atoms with Crippen molar-refractivity contribution in [2.75, 3.05) is 37.0 Å². The number of alkyl halides is 3.